The maximum absolute atomic E-state index is 12.1. The van der Waals surface area contributed by atoms with E-state index < -0.39 is 5.79 Å². The van der Waals surface area contributed by atoms with Crippen LogP contribution in [0.25, 0.3) is 0 Å². The first kappa shape index (κ1) is 20.2. The van der Waals surface area contributed by atoms with Gasteiger partial charge in [0.2, 0.25) is 0 Å². The second kappa shape index (κ2) is 6.70. The Bertz CT molecular complexity index is 707. The summed E-state index contributed by atoms with van der Waals surface area (Å²) in [6.45, 7) is 16.7. The summed E-state index contributed by atoms with van der Waals surface area (Å²) in [5.41, 5.74) is 2.42. The third-order valence-electron chi connectivity index (χ3n) is 8.35. The molecule has 0 radical (unpaired) electrons. The third-order valence-corrected chi connectivity index (χ3v) is 8.35. The molecule has 0 aromatic heterocycles. The molecular weight excluding hydrogens is 352 g/mol. The largest absolute Gasteiger partial charge is 0.458 e. The van der Waals surface area contributed by atoms with Gasteiger partial charge >= 0.3 is 5.97 Å². The predicted octanol–water partition coefficient (Wildman–Crippen LogP) is 5.04. The summed E-state index contributed by atoms with van der Waals surface area (Å²) in [6.07, 6.45) is 7.62. The molecule has 0 amide bonds. The topological polar surface area (TPSA) is 44.8 Å². The zero-order valence-electron chi connectivity index (χ0n) is 18.2. The van der Waals surface area contributed by atoms with Gasteiger partial charge in [-0.3, -0.25) is 0 Å². The van der Waals surface area contributed by atoms with Gasteiger partial charge in [0.25, 0.3) is 0 Å². The van der Waals surface area contributed by atoms with Gasteiger partial charge in [-0.1, -0.05) is 32.9 Å². The van der Waals surface area contributed by atoms with Crippen LogP contribution in [-0.4, -0.2) is 31.1 Å². The molecule has 1 saturated heterocycles. The van der Waals surface area contributed by atoms with E-state index in [0.29, 0.717) is 18.4 Å². The first-order valence-corrected chi connectivity index (χ1v) is 10.9. The maximum atomic E-state index is 12.1. The molecular formula is C24H36O4. The molecule has 2 saturated carbocycles. The van der Waals surface area contributed by atoms with E-state index in [9.17, 15) is 4.79 Å². The molecule has 2 aliphatic carbocycles. The van der Waals surface area contributed by atoms with Crippen LogP contribution in [0.5, 0.6) is 0 Å². The summed E-state index contributed by atoms with van der Waals surface area (Å²) in [5.74, 6) is 0.544. The molecule has 0 spiro atoms. The van der Waals surface area contributed by atoms with Crippen LogP contribution in [0.1, 0.15) is 66.7 Å². The van der Waals surface area contributed by atoms with Crippen molar-refractivity contribution in [2.24, 2.45) is 28.6 Å². The standard InChI is InChI=1S/C24H36O4/c1-15-7-8-19-23(5,18(15)13-16(2)17-10-12-26-21(17)25)11-9-20-24(19,6)14-27-22(3,4)28-20/h10,16,18-20H,1,7-9,11-14H2,2-6H3/t16?,18-,19?,20-,23-,24+/m1/s1. The van der Waals surface area contributed by atoms with Crippen LogP contribution < -0.4 is 0 Å². The van der Waals surface area contributed by atoms with E-state index in [1.54, 1.807) is 0 Å². The van der Waals surface area contributed by atoms with Crippen molar-refractivity contribution in [2.75, 3.05) is 13.2 Å². The Kier molecular flexibility index (Phi) is 4.82. The van der Waals surface area contributed by atoms with Crippen molar-refractivity contribution in [2.45, 2.75) is 78.6 Å². The summed E-state index contributed by atoms with van der Waals surface area (Å²) in [6, 6.07) is 0. The van der Waals surface area contributed by atoms with Crippen molar-refractivity contribution >= 4 is 5.97 Å². The van der Waals surface area contributed by atoms with Gasteiger partial charge in [0.15, 0.2) is 5.79 Å². The normalized spacial score (nSPS) is 43.6. The Hall–Kier alpha value is -1.13. The minimum absolute atomic E-state index is 0.0380. The molecule has 156 valence electrons. The van der Waals surface area contributed by atoms with Crippen LogP contribution >= 0.6 is 0 Å². The average Bonchev–Trinajstić information content (AvgIpc) is 3.05. The Labute approximate surface area is 169 Å². The highest BCUT2D eigenvalue weighted by Gasteiger charge is 2.61. The number of carbonyl (C=O) groups is 1. The molecule has 2 heterocycles. The predicted molar refractivity (Wildman–Crippen MR) is 109 cm³/mol. The Morgan fingerprint density at radius 3 is 2.64 bits per heavy atom. The molecule has 4 rings (SSSR count). The number of fused-ring (bicyclic) bond motifs is 3. The molecule has 2 aliphatic heterocycles. The van der Waals surface area contributed by atoms with E-state index in [-0.39, 0.29) is 28.8 Å². The fourth-order valence-electron chi connectivity index (χ4n) is 6.76. The van der Waals surface area contributed by atoms with Gasteiger partial charge in [-0.15, -0.1) is 0 Å². The van der Waals surface area contributed by atoms with Crippen LogP contribution in [0.3, 0.4) is 0 Å². The first-order chi connectivity index (χ1) is 13.1. The molecule has 28 heavy (non-hydrogen) atoms. The summed E-state index contributed by atoms with van der Waals surface area (Å²) in [5, 5.41) is 0. The van der Waals surface area contributed by atoms with Crippen LogP contribution in [0.4, 0.5) is 0 Å². The number of allylic oxidation sites excluding steroid dienone is 1. The molecule has 2 unspecified atom stereocenters. The van der Waals surface area contributed by atoms with Gasteiger partial charge in [0.05, 0.1) is 12.7 Å². The minimum Gasteiger partial charge on any atom is -0.458 e. The Morgan fingerprint density at radius 2 is 1.96 bits per heavy atom. The van der Waals surface area contributed by atoms with Crippen LogP contribution in [0.2, 0.25) is 0 Å². The molecule has 0 N–H and O–H groups in total. The van der Waals surface area contributed by atoms with E-state index in [1.165, 1.54) is 5.57 Å². The van der Waals surface area contributed by atoms with Gasteiger partial charge in [0, 0.05) is 11.0 Å². The van der Waals surface area contributed by atoms with Gasteiger partial charge in [-0.05, 0) is 75.2 Å². The number of ether oxygens (including phenoxy) is 3. The summed E-state index contributed by atoms with van der Waals surface area (Å²) in [4.78, 5) is 12.1. The van der Waals surface area contributed by atoms with Gasteiger partial charge in [-0.2, -0.15) is 0 Å². The van der Waals surface area contributed by atoms with E-state index in [0.717, 1.165) is 44.3 Å². The Morgan fingerprint density at radius 1 is 1.21 bits per heavy atom. The average molecular weight is 389 g/mol. The molecule has 4 heteroatoms. The van der Waals surface area contributed by atoms with Crippen molar-refractivity contribution in [3.8, 4) is 0 Å². The number of carbonyl (C=O) groups excluding carboxylic acids is 1. The smallest absolute Gasteiger partial charge is 0.334 e. The fraction of sp³-hybridized carbons (Fsp3) is 0.792. The minimum atomic E-state index is -0.487. The van der Waals surface area contributed by atoms with E-state index in [4.69, 9.17) is 14.2 Å². The number of rotatable bonds is 3. The van der Waals surface area contributed by atoms with E-state index in [2.05, 4.69) is 27.4 Å². The molecule has 4 nitrogen and oxygen atoms in total. The van der Waals surface area contributed by atoms with Crippen LogP contribution in [0.15, 0.2) is 23.8 Å². The number of hydrogen-bond acceptors (Lipinski definition) is 4. The van der Waals surface area contributed by atoms with Crippen LogP contribution in [0, 0.1) is 28.6 Å². The third kappa shape index (κ3) is 3.08. The molecule has 0 aromatic rings. The fourth-order valence-corrected chi connectivity index (χ4v) is 6.76. The van der Waals surface area contributed by atoms with Crippen molar-refractivity contribution < 1.29 is 19.0 Å². The maximum Gasteiger partial charge on any atom is 0.334 e. The van der Waals surface area contributed by atoms with Crippen molar-refractivity contribution in [1.29, 1.82) is 0 Å². The van der Waals surface area contributed by atoms with Crippen molar-refractivity contribution in [1.82, 2.24) is 0 Å². The number of hydrogen-bond donors (Lipinski definition) is 0. The lowest BCUT2D eigenvalue weighted by Crippen LogP contribution is -2.63. The van der Waals surface area contributed by atoms with Crippen LogP contribution in [-0.2, 0) is 19.0 Å². The zero-order chi connectivity index (χ0) is 20.3. The van der Waals surface area contributed by atoms with Crippen molar-refractivity contribution in [3.63, 3.8) is 0 Å². The quantitative estimate of drug-likeness (QED) is 0.502. The lowest BCUT2D eigenvalue weighted by molar-refractivity contribution is -0.344. The van der Waals surface area contributed by atoms with E-state index >= 15 is 0 Å². The van der Waals surface area contributed by atoms with Crippen molar-refractivity contribution in [3.05, 3.63) is 23.8 Å². The lowest BCUT2D eigenvalue weighted by atomic mass is 9.45. The number of esters is 1. The van der Waals surface area contributed by atoms with Gasteiger partial charge in [-0.25, -0.2) is 4.79 Å². The van der Waals surface area contributed by atoms with E-state index in [1.807, 2.05) is 19.9 Å². The summed E-state index contributed by atoms with van der Waals surface area (Å²) < 4.78 is 17.7. The molecule has 0 bridgehead atoms. The first-order valence-electron chi connectivity index (χ1n) is 10.9. The highest BCUT2D eigenvalue weighted by molar-refractivity contribution is 5.90. The number of cyclic esters (lactones) is 1. The Balaban J connectivity index is 1.60. The molecule has 0 aromatic carbocycles. The highest BCUT2D eigenvalue weighted by Crippen LogP contribution is 2.64. The summed E-state index contributed by atoms with van der Waals surface area (Å²) in [7, 11) is 0. The second-order valence-corrected chi connectivity index (χ2v) is 10.5. The molecule has 6 atom stereocenters. The monoisotopic (exact) mass is 388 g/mol. The zero-order valence-corrected chi connectivity index (χ0v) is 18.2. The lowest BCUT2D eigenvalue weighted by Gasteiger charge is -2.63. The second-order valence-electron chi connectivity index (χ2n) is 10.5. The molecule has 3 fully saturated rings. The molecule has 4 aliphatic rings. The van der Waals surface area contributed by atoms with Gasteiger partial charge < -0.3 is 14.2 Å². The SMILES string of the molecule is C=C1CCC2[C@](C)(CC[C@H]3OC(C)(C)OC[C@@]23C)[C@@H]1CC(C)C1=CCOC1=O. The van der Waals surface area contributed by atoms with Gasteiger partial charge in [0.1, 0.15) is 6.61 Å². The highest BCUT2D eigenvalue weighted by atomic mass is 16.7. The summed E-state index contributed by atoms with van der Waals surface area (Å²) >= 11 is 0.